The van der Waals surface area contributed by atoms with Gasteiger partial charge in [0.05, 0.1) is 6.10 Å². The summed E-state index contributed by atoms with van der Waals surface area (Å²) in [4.78, 5) is 56.2. The lowest BCUT2D eigenvalue weighted by atomic mass is 9.82. The molecule has 2 heterocycles. The topological polar surface area (TPSA) is 140 Å². The number of rotatable bonds is 6. The minimum atomic E-state index is -1.10. The lowest BCUT2D eigenvalue weighted by Gasteiger charge is -2.44. The average Bonchev–Trinajstić information content (AvgIpc) is 3.18. The zero-order chi connectivity index (χ0) is 26.8. The van der Waals surface area contributed by atoms with Crippen molar-refractivity contribution in [1.29, 1.82) is 0 Å². The number of amides is 3. The number of aliphatic hydroxyl groups is 1. The number of hydrogen-bond donors (Lipinski definition) is 3. The molecule has 3 N–H and O–H groups in total. The molecular formula is C25H42N4O7. The Morgan fingerprint density at radius 1 is 1.06 bits per heavy atom. The van der Waals surface area contributed by atoms with Crippen molar-refractivity contribution < 1.29 is 34.1 Å². The highest BCUT2D eigenvalue weighted by molar-refractivity contribution is 5.93. The van der Waals surface area contributed by atoms with Crippen LogP contribution in [0.5, 0.6) is 0 Å². The van der Waals surface area contributed by atoms with Gasteiger partial charge in [0, 0.05) is 32.7 Å². The second-order valence-electron chi connectivity index (χ2n) is 11.5. The Morgan fingerprint density at radius 2 is 1.69 bits per heavy atom. The van der Waals surface area contributed by atoms with E-state index in [9.17, 15) is 29.4 Å². The molecule has 0 spiro atoms. The number of ether oxygens (including phenoxy) is 1. The molecule has 3 rings (SSSR count). The largest absolute Gasteiger partial charge is 0.480 e. The fraction of sp³-hybridized carbons (Fsp3) is 0.840. The van der Waals surface area contributed by atoms with E-state index in [0.717, 1.165) is 32.1 Å². The number of fused-ring (bicyclic) bond motifs is 1. The smallest absolute Gasteiger partial charge is 0.410 e. The first-order valence-electron chi connectivity index (χ1n) is 13.0. The molecule has 0 radical (unpaired) electrons. The Balaban J connectivity index is 1.79. The SMILES string of the molecule is C[C@@H](C(=O)N[C@H](C(=O)N1C[C@H]2CC(O)CN2CC1C(=O)O)C1CCCCC1)N(C)C(=O)OC(C)(C)C. The maximum atomic E-state index is 13.9. The van der Waals surface area contributed by atoms with E-state index in [1.165, 1.54) is 16.8 Å². The van der Waals surface area contributed by atoms with Crippen molar-refractivity contribution in [2.45, 2.75) is 102 Å². The summed E-state index contributed by atoms with van der Waals surface area (Å²) >= 11 is 0. The van der Waals surface area contributed by atoms with Gasteiger partial charge in [-0.1, -0.05) is 19.3 Å². The normalized spacial score (nSPS) is 27.1. The minimum absolute atomic E-state index is 0.112. The lowest BCUT2D eigenvalue weighted by Crippen LogP contribution is -2.65. The average molecular weight is 511 g/mol. The van der Waals surface area contributed by atoms with Crippen LogP contribution in [0.3, 0.4) is 0 Å². The van der Waals surface area contributed by atoms with E-state index < -0.39 is 53.7 Å². The molecule has 0 aromatic heterocycles. The second kappa shape index (κ2) is 11.3. The van der Waals surface area contributed by atoms with E-state index in [2.05, 4.69) is 5.32 Å². The van der Waals surface area contributed by atoms with E-state index in [-0.39, 0.29) is 25.0 Å². The van der Waals surface area contributed by atoms with Gasteiger partial charge in [0.15, 0.2) is 0 Å². The molecule has 2 saturated heterocycles. The zero-order valence-electron chi connectivity index (χ0n) is 22.1. The van der Waals surface area contributed by atoms with E-state index in [1.807, 2.05) is 4.90 Å². The second-order valence-corrected chi connectivity index (χ2v) is 11.5. The van der Waals surface area contributed by atoms with Crippen LogP contribution in [0.2, 0.25) is 0 Å². The highest BCUT2D eigenvalue weighted by Crippen LogP contribution is 2.31. The third kappa shape index (κ3) is 6.67. The van der Waals surface area contributed by atoms with Crippen LogP contribution >= 0.6 is 0 Å². The summed E-state index contributed by atoms with van der Waals surface area (Å²) in [6.07, 6.45) is 3.73. The Labute approximate surface area is 213 Å². The molecular weight excluding hydrogens is 468 g/mol. The van der Waals surface area contributed by atoms with Crippen molar-refractivity contribution >= 4 is 23.9 Å². The minimum Gasteiger partial charge on any atom is -0.480 e. The Hall–Kier alpha value is -2.40. The number of piperazine rings is 1. The number of carbonyl (C=O) groups excluding carboxylic acids is 3. The maximum absolute atomic E-state index is 13.9. The molecule has 0 aromatic rings. The van der Waals surface area contributed by atoms with Gasteiger partial charge in [0.2, 0.25) is 11.8 Å². The van der Waals surface area contributed by atoms with Crippen molar-refractivity contribution in [3.8, 4) is 0 Å². The Morgan fingerprint density at radius 3 is 2.28 bits per heavy atom. The lowest BCUT2D eigenvalue weighted by molar-refractivity contribution is -0.157. The molecule has 2 aliphatic heterocycles. The van der Waals surface area contributed by atoms with Crippen LogP contribution < -0.4 is 5.32 Å². The van der Waals surface area contributed by atoms with Crippen LogP contribution in [0.15, 0.2) is 0 Å². The summed E-state index contributed by atoms with van der Waals surface area (Å²) in [6, 6.07) is -2.94. The van der Waals surface area contributed by atoms with Gasteiger partial charge in [-0.15, -0.1) is 0 Å². The van der Waals surface area contributed by atoms with E-state index in [4.69, 9.17) is 4.74 Å². The van der Waals surface area contributed by atoms with Crippen molar-refractivity contribution in [2.24, 2.45) is 5.92 Å². The van der Waals surface area contributed by atoms with Crippen LogP contribution in [0, 0.1) is 5.92 Å². The first-order chi connectivity index (χ1) is 16.8. The summed E-state index contributed by atoms with van der Waals surface area (Å²) < 4.78 is 5.37. The van der Waals surface area contributed by atoms with E-state index >= 15 is 0 Å². The fourth-order valence-corrected chi connectivity index (χ4v) is 5.47. The predicted octanol–water partition coefficient (Wildman–Crippen LogP) is 1.04. The van der Waals surface area contributed by atoms with Gasteiger partial charge in [-0.05, 0) is 52.9 Å². The number of nitrogens with one attached hydrogen (secondary N) is 1. The summed E-state index contributed by atoms with van der Waals surface area (Å²) in [5.74, 6) is -2.12. The first-order valence-corrected chi connectivity index (χ1v) is 13.0. The summed E-state index contributed by atoms with van der Waals surface area (Å²) in [5, 5.41) is 22.9. The first kappa shape index (κ1) is 28.2. The van der Waals surface area contributed by atoms with E-state index in [0.29, 0.717) is 13.0 Å². The van der Waals surface area contributed by atoms with Gasteiger partial charge >= 0.3 is 12.1 Å². The molecule has 5 atom stereocenters. The van der Waals surface area contributed by atoms with Crippen LogP contribution in [0.1, 0.15) is 66.2 Å². The van der Waals surface area contributed by atoms with E-state index in [1.54, 1.807) is 27.7 Å². The molecule has 1 saturated carbocycles. The Bertz CT molecular complexity index is 839. The maximum Gasteiger partial charge on any atom is 0.410 e. The van der Waals surface area contributed by atoms with Gasteiger partial charge in [0.1, 0.15) is 23.7 Å². The Kier molecular flexibility index (Phi) is 8.87. The summed E-state index contributed by atoms with van der Waals surface area (Å²) in [6.45, 7) is 7.52. The number of aliphatic carboxylic acids is 1. The van der Waals surface area contributed by atoms with Crippen molar-refractivity contribution in [2.75, 3.05) is 26.7 Å². The molecule has 2 unspecified atom stereocenters. The summed E-state index contributed by atoms with van der Waals surface area (Å²) in [7, 11) is 1.47. The molecule has 3 fully saturated rings. The molecule has 3 amide bonds. The number of carbonyl (C=O) groups is 4. The molecule has 0 bridgehead atoms. The predicted molar refractivity (Wildman–Crippen MR) is 131 cm³/mol. The highest BCUT2D eigenvalue weighted by atomic mass is 16.6. The number of carboxylic acids is 1. The third-order valence-electron chi connectivity index (χ3n) is 7.59. The number of nitrogens with zero attached hydrogens (tertiary/aromatic N) is 3. The molecule has 0 aromatic carbocycles. The van der Waals surface area contributed by atoms with Crippen molar-refractivity contribution in [3.63, 3.8) is 0 Å². The molecule has 36 heavy (non-hydrogen) atoms. The van der Waals surface area contributed by atoms with Crippen LogP contribution in [0.4, 0.5) is 4.79 Å². The molecule has 3 aliphatic rings. The standard InChI is InChI=1S/C25H42N4O7/c1-15(27(5)24(35)36-25(2,3)4)21(31)26-20(16-9-7-6-8-10-16)22(32)29-12-17-11-18(30)13-28(17)14-19(29)23(33)34/h15-20,30H,6-14H2,1-5H3,(H,26,31)(H,33,34)/t15-,17+,18?,19?,20-/m0/s1. The fourth-order valence-electron chi connectivity index (χ4n) is 5.47. The van der Waals surface area contributed by atoms with Crippen LogP contribution in [-0.4, -0.2) is 111 Å². The highest BCUT2D eigenvalue weighted by Gasteiger charge is 2.47. The number of aliphatic hydroxyl groups excluding tert-OH is 1. The molecule has 1 aliphatic carbocycles. The molecule has 204 valence electrons. The van der Waals surface area contributed by atoms with Gasteiger partial charge < -0.3 is 25.2 Å². The number of likely N-dealkylation sites (N-methyl/N-ethyl adjacent to an activating group) is 1. The monoisotopic (exact) mass is 510 g/mol. The van der Waals surface area contributed by atoms with Crippen LogP contribution in [0.25, 0.3) is 0 Å². The quantitative estimate of drug-likeness (QED) is 0.482. The zero-order valence-corrected chi connectivity index (χ0v) is 22.1. The van der Waals surface area contributed by atoms with Crippen molar-refractivity contribution in [3.05, 3.63) is 0 Å². The third-order valence-corrected chi connectivity index (χ3v) is 7.59. The number of hydrogen-bond acceptors (Lipinski definition) is 7. The molecule has 11 heteroatoms. The van der Waals surface area contributed by atoms with Gasteiger partial charge in [-0.25, -0.2) is 9.59 Å². The van der Waals surface area contributed by atoms with Gasteiger partial charge in [-0.2, -0.15) is 0 Å². The van der Waals surface area contributed by atoms with Crippen LogP contribution in [-0.2, 0) is 19.1 Å². The van der Waals surface area contributed by atoms with Crippen molar-refractivity contribution in [1.82, 2.24) is 20.0 Å². The van der Waals surface area contributed by atoms with Gasteiger partial charge in [0.25, 0.3) is 0 Å². The van der Waals surface area contributed by atoms with Gasteiger partial charge in [-0.3, -0.25) is 19.4 Å². The molecule has 11 nitrogen and oxygen atoms in total. The number of carboxylic acid groups (broad SMARTS) is 1. The summed E-state index contributed by atoms with van der Waals surface area (Å²) in [5.41, 5.74) is -0.718.